The van der Waals surface area contributed by atoms with Gasteiger partial charge in [0.2, 0.25) is 0 Å². The third kappa shape index (κ3) is 9.05. The summed E-state index contributed by atoms with van der Waals surface area (Å²) in [7, 11) is 0. The lowest BCUT2D eigenvalue weighted by molar-refractivity contribution is -0.153. The molecular weight excluding hydrogens is 496 g/mol. The Kier molecular flexibility index (Phi) is 10.9. The molecule has 0 aromatic heterocycles. The Morgan fingerprint density at radius 1 is 0.974 bits per heavy atom. The molecule has 4 atom stereocenters. The first-order chi connectivity index (χ1) is 18.5. The van der Waals surface area contributed by atoms with Crippen molar-refractivity contribution in [1.29, 1.82) is 0 Å². The largest absolute Gasteiger partial charge is 0.460 e. The SMILES string of the molecule is CC(C)C[C@@H](C(=O)OCc1ccccc1)N1CN(C(=O)OC(C)(C)C)[C@@H](Cc2ccccc2)[C@H]1CC(O)CO. The number of rotatable bonds is 11. The van der Waals surface area contributed by atoms with Crippen molar-refractivity contribution in [1.82, 2.24) is 9.80 Å². The zero-order valence-electron chi connectivity index (χ0n) is 23.8. The maximum Gasteiger partial charge on any atom is 0.411 e. The summed E-state index contributed by atoms with van der Waals surface area (Å²) in [4.78, 5) is 30.7. The summed E-state index contributed by atoms with van der Waals surface area (Å²) < 4.78 is 11.6. The third-order valence-electron chi connectivity index (χ3n) is 6.82. The molecule has 0 bridgehead atoms. The third-order valence-corrected chi connectivity index (χ3v) is 6.82. The summed E-state index contributed by atoms with van der Waals surface area (Å²) in [6.45, 7) is 9.42. The normalized spacial score (nSPS) is 19.6. The lowest BCUT2D eigenvalue weighted by atomic mass is 9.93. The van der Waals surface area contributed by atoms with E-state index in [0.717, 1.165) is 11.1 Å². The van der Waals surface area contributed by atoms with Crippen molar-refractivity contribution in [2.75, 3.05) is 13.3 Å². The number of aliphatic hydroxyl groups excluding tert-OH is 2. The molecule has 8 heteroatoms. The van der Waals surface area contributed by atoms with Crippen molar-refractivity contribution in [3.05, 3.63) is 71.8 Å². The zero-order chi connectivity index (χ0) is 28.6. The molecule has 8 nitrogen and oxygen atoms in total. The Bertz CT molecular complexity index is 1040. The second-order valence-electron chi connectivity index (χ2n) is 11.7. The first-order valence-electron chi connectivity index (χ1n) is 13.8. The quantitative estimate of drug-likeness (QED) is 0.408. The minimum Gasteiger partial charge on any atom is -0.460 e. The summed E-state index contributed by atoms with van der Waals surface area (Å²) in [5, 5.41) is 20.3. The molecule has 0 aliphatic carbocycles. The van der Waals surface area contributed by atoms with Crippen LogP contribution in [0, 0.1) is 5.92 Å². The number of amides is 1. The monoisotopic (exact) mass is 540 g/mol. The molecule has 2 N–H and O–H groups in total. The number of carbonyl (C=O) groups is 2. The highest BCUT2D eigenvalue weighted by Crippen LogP contribution is 2.33. The summed E-state index contributed by atoms with van der Waals surface area (Å²) >= 11 is 0. The summed E-state index contributed by atoms with van der Waals surface area (Å²) in [5.41, 5.74) is 1.21. The minimum absolute atomic E-state index is 0.146. The Labute approximate surface area is 232 Å². The van der Waals surface area contributed by atoms with E-state index < -0.39 is 36.5 Å². The number of hydrogen-bond acceptors (Lipinski definition) is 7. The van der Waals surface area contributed by atoms with Crippen molar-refractivity contribution < 1.29 is 29.3 Å². The molecule has 1 unspecified atom stereocenters. The van der Waals surface area contributed by atoms with Crippen LogP contribution in [0.25, 0.3) is 0 Å². The highest BCUT2D eigenvalue weighted by atomic mass is 16.6. The highest BCUT2D eigenvalue weighted by molar-refractivity contribution is 5.76. The second-order valence-corrected chi connectivity index (χ2v) is 11.7. The topological polar surface area (TPSA) is 99.5 Å². The van der Waals surface area contributed by atoms with Crippen molar-refractivity contribution in [3.8, 4) is 0 Å². The van der Waals surface area contributed by atoms with Gasteiger partial charge >= 0.3 is 12.1 Å². The molecule has 1 aliphatic heterocycles. The molecule has 2 aromatic rings. The van der Waals surface area contributed by atoms with Gasteiger partial charge in [-0.05, 0) is 57.1 Å². The maximum atomic E-state index is 13.6. The Morgan fingerprint density at radius 2 is 1.56 bits per heavy atom. The zero-order valence-corrected chi connectivity index (χ0v) is 23.8. The van der Waals surface area contributed by atoms with Gasteiger partial charge in [0.1, 0.15) is 18.2 Å². The molecule has 1 fully saturated rings. The first kappa shape index (κ1) is 30.6. The molecule has 3 rings (SSSR count). The van der Waals surface area contributed by atoms with Crippen molar-refractivity contribution in [2.45, 2.75) is 90.3 Å². The van der Waals surface area contributed by atoms with E-state index in [-0.39, 0.29) is 37.6 Å². The second kappa shape index (κ2) is 13.9. The predicted molar refractivity (Wildman–Crippen MR) is 150 cm³/mol. The van der Waals surface area contributed by atoms with Crippen LogP contribution in [-0.4, -0.2) is 75.2 Å². The minimum atomic E-state index is -1.01. The molecule has 214 valence electrons. The van der Waals surface area contributed by atoms with Gasteiger partial charge in [-0.3, -0.25) is 14.6 Å². The molecule has 2 aromatic carbocycles. The fraction of sp³-hybridized carbons (Fsp3) is 0.548. The van der Waals surface area contributed by atoms with Crippen LogP contribution < -0.4 is 0 Å². The average molecular weight is 541 g/mol. The number of esters is 1. The van der Waals surface area contributed by atoms with Gasteiger partial charge in [-0.15, -0.1) is 0 Å². The summed E-state index contributed by atoms with van der Waals surface area (Å²) in [6.07, 6.45) is -0.273. The van der Waals surface area contributed by atoms with Gasteiger partial charge in [0.25, 0.3) is 0 Å². The molecule has 1 heterocycles. The van der Waals surface area contributed by atoms with Gasteiger partial charge in [0.05, 0.1) is 25.4 Å². The summed E-state index contributed by atoms with van der Waals surface area (Å²) in [6, 6.07) is 17.9. The van der Waals surface area contributed by atoms with Gasteiger partial charge in [0, 0.05) is 6.04 Å². The van der Waals surface area contributed by atoms with Crippen LogP contribution in [0.15, 0.2) is 60.7 Å². The summed E-state index contributed by atoms with van der Waals surface area (Å²) in [5.74, 6) is -0.202. The van der Waals surface area contributed by atoms with Gasteiger partial charge in [-0.1, -0.05) is 74.5 Å². The standard InChI is InChI=1S/C31H44N2O6/c1-22(2)16-28(29(36)38-20-24-14-10-7-11-15-24)32-21-33(30(37)39-31(3,4)5)26(27(32)18-25(35)19-34)17-23-12-8-6-9-13-23/h6-15,22,25-28,34-35H,16-21H2,1-5H3/t25?,26-,27+,28-/m0/s1. The number of benzene rings is 2. The number of carbonyl (C=O) groups excluding carboxylic acids is 2. The van der Waals surface area contributed by atoms with E-state index in [0.29, 0.717) is 12.8 Å². The van der Waals surface area contributed by atoms with Crippen LogP contribution in [0.5, 0.6) is 0 Å². The average Bonchev–Trinajstić information content (AvgIpc) is 3.23. The maximum absolute atomic E-state index is 13.6. The number of nitrogens with zero attached hydrogens (tertiary/aromatic N) is 2. The van der Waals surface area contributed by atoms with Crippen LogP contribution >= 0.6 is 0 Å². The molecule has 0 saturated carbocycles. The van der Waals surface area contributed by atoms with Crippen molar-refractivity contribution in [3.63, 3.8) is 0 Å². The molecular formula is C31H44N2O6. The van der Waals surface area contributed by atoms with Gasteiger partial charge in [-0.2, -0.15) is 0 Å². The molecule has 1 aliphatic rings. The predicted octanol–water partition coefficient (Wildman–Crippen LogP) is 4.38. The van der Waals surface area contributed by atoms with E-state index in [2.05, 4.69) is 0 Å². The first-order valence-corrected chi connectivity index (χ1v) is 13.8. The fourth-order valence-corrected chi connectivity index (χ4v) is 5.04. The van der Waals surface area contributed by atoms with E-state index in [1.807, 2.05) is 100 Å². The lowest BCUT2D eigenvalue weighted by Gasteiger charge is -2.34. The van der Waals surface area contributed by atoms with E-state index in [9.17, 15) is 19.8 Å². The fourth-order valence-electron chi connectivity index (χ4n) is 5.04. The molecule has 0 spiro atoms. The van der Waals surface area contributed by atoms with Crippen molar-refractivity contribution in [2.24, 2.45) is 5.92 Å². The van der Waals surface area contributed by atoms with Crippen LogP contribution in [0.2, 0.25) is 0 Å². The van der Waals surface area contributed by atoms with Gasteiger partial charge < -0.3 is 19.7 Å². The Balaban J connectivity index is 1.97. The smallest absolute Gasteiger partial charge is 0.411 e. The van der Waals surface area contributed by atoms with Crippen LogP contribution in [0.3, 0.4) is 0 Å². The van der Waals surface area contributed by atoms with E-state index >= 15 is 0 Å². The van der Waals surface area contributed by atoms with E-state index in [1.54, 1.807) is 4.90 Å². The van der Waals surface area contributed by atoms with Crippen LogP contribution in [-0.2, 0) is 27.3 Å². The number of ether oxygens (including phenoxy) is 2. The van der Waals surface area contributed by atoms with Crippen LogP contribution in [0.4, 0.5) is 4.79 Å². The lowest BCUT2D eigenvalue weighted by Crippen LogP contribution is -2.49. The Morgan fingerprint density at radius 3 is 2.10 bits per heavy atom. The van der Waals surface area contributed by atoms with Crippen molar-refractivity contribution >= 4 is 12.1 Å². The highest BCUT2D eigenvalue weighted by Gasteiger charge is 2.48. The molecule has 1 saturated heterocycles. The van der Waals surface area contributed by atoms with Gasteiger partial charge in [0.15, 0.2) is 0 Å². The molecule has 1 amide bonds. The molecule has 39 heavy (non-hydrogen) atoms. The van der Waals surface area contributed by atoms with E-state index in [1.165, 1.54) is 0 Å². The van der Waals surface area contributed by atoms with Gasteiger partial charge in [-0.25, -0.2) is 4.79 Å². The molecule has 0 radical (unpaired) electrons. The number of hydrogen-bond donors (Lipinski definition) is 2. The number of aliphatic hydroxyl groups is 2. The van der Waals surface area contributed by atoms with E-state index in [4.69, 9.17) is 9.47 Å². The van der Waals surface area contributed by atoms with Crippen LogP contribution in [0.1, 0.15) is 58.6 Å². The Hall–Kier alpha value is -2.94.